The van der Waals surface area contributed by atoms with Crippen LogP contribution in [0, 0.1) is 11.3 Å². The number of allylic oxidation sites excluding steroid dienone is 1. The van der Waals surface area contributed by atoms with Crippen LogP contribution < -0.4 is 0 Å². The van der Waals surface area contributed by atoms with Gasteiger partial charge < -0.3 is 4.98 Å². The monoisotopic (exact) mass is 340 g/mol. The standard InChI is InChI=1S/C14H8BrF3N2/c15-12-6-13(20-8-12)5-10(7-19)9-2-1-3-11(4-9)14(16,17)18/h1-6,8,20H/b10-5+. The first-order valence-corrected chi connectivity index (χ1v) is 6.33. The van der Waals surface area contributed by atoms with Gasteiger partial charge in [0, 0.05) is 16.4 Å². The third-order valence-electron chi connectivity index (χ3n) is 2.59. The highest BCUT2D eigenvalue weighted by molar-refractivity contribution is 9.10. The van der Waals surface area contributed by atoms with Crippen molar-refractivity contribution >= 4 is 27.6 Å². The van der Waals surface area contributed by atoms with E-state index in [1.165, 1.54) is 18.2 Å². The molecule has 2 nitrogen and oxygen atoms in total. The first kappa shape index (κ1) is 14.4. The van der Waals surface area contributed by atoms with E-state index in [0.717, 1.165) is 16.6 Å². The number of hydrogen-bond donors (Lipinski definition) is 1. The molecule has 0 spiro atoms. The van der Waals surface area contributed by atoms with Crippen molar-refractivity contribution in [2.24, 2.45) is 0 Å². The maximum atomic E-state index is 12.7. The Morgan fingerprint density at radius 2 is 2.05 bits per heavy atom. The number of halogens is 4. The summed E-state index contributed by atoms with van der Waals surface area (Å²) in [5, 5.41) is 9.12. The van der Waals surface area contributed by atoms with E-state index in [2.05, 4.69) is 20.9 Å². The number of rotatable bonds is 2. The van der Waals surface area contributed by atoms with Gasteiger partial charge in [-0.1, -0.05) is 12.1 Å². The minimum absolute atomic E-state index is 0.158. The zero-order valence-corrected chi connectivity index (χ0v) is 11.6. The van der Waals surface area contributed by atoms with Crippen molar-refractivity contribution in [2.75, 3.05) is 0 Å². The fourth-order valence-corrected chi connectivity index (χ4v) is 2.03. The van der Waals surface area contributed by atoms with Crippen LogP contribution in [0.15, 0.2) is 41.0 Å². The number of hydrogen-bond acceptors (Lipinski definition) is 1. The number of nitrogens with zero attached hydrogens (tertiary/aromatic N) is 1. The summed E-state index contributed by atoms with van der Waals surface area (Å²) >= 11 is 3.25. The van der Waals surface area contributed by atoms with E-state index < -0.39 is 11.7 Å². The molecule has 0 fully saturated rings. The molecule has 0 unspecified atom stereocenters. The normalized spacial score (nSPS) is 12.2. The van der Waals surface area contributed by atoms with Crippen molar-refractivity contribution in [3.63, 3.8) is 0 Å². The maximum Gasteiger partial charge on any atom is 0.416 e. The second kappa shape index (κ2) is 5.55. The topological polar surface area (TPSA) is 39.6 Å². The summed E-state index contributed by atoms with van der Waals surface area (Å²) in [5.74, 6) is 0. The molecule has 0 saturated heterocycles. The van der Waals surface area contributed by atoms with E-state index in [4.69, 9.17) is 5.26 Å². The second-order valence-electron chi connectivity index (χ2n) is 4.02. The van der Waals surface area contributed by atoms with Gasteiger partial charge in [0.2, 0.25) is 0 Å². The van der Waals surface area contributed by atoms with E-state index in [1.807, 2.05) is 6.07 Å². The van der Waals surface area contributed by atoms with Gasteiger partial charge in [-0.05, 0) is 45.8 Å². The summed E-state index contributed by atoms with van der Waals surface area (Å²) in [6.07, 6.45) is -1.25. The number of alkyl halides is 3. The van der Waals surface area contributed by atoms with Crippen molar-refractivity contribution in [3.8, 4) is 6.07 Å². The summed E-state index contributed by atoms with van der Waals surface area (Å²) in [5.41, 5.74) is 0.244. The molecular weight excluding hydrogens is 333 g/mol. The molecule has 0 amide bonds. The van der Waals surface area contributed by atoms with Gasteiger partial charge in [-0.3, -0.25) is 0 Å². The molecule has 1 aromatic carbocycles. The van der Waals surface area contributed by atoms with E-state index in [0.29, 0.717) is 5.69 Å². The van der Waals surface area contributed by atoms with Gasteiger partial charge in [0.05, 0.1) is 17.2 Å². The Labute approximate surface area is 121 Å². The van der Waals surface area contributed by atoms with Crippen LogP contribution in [0.4, 0.5) is 13.2 Å². The largest absolute Gasteiger partial charge is 0.416 e. The fourth-order valence-electron chi connectivity index (χ4n) is 1.67. The van der Waals surface area contributed by atoms with Crippen molar-refractivity contribution < 1.29 is 13.2 Å². The molecule has 0 radical (unpaired) electrons. The lowest BCUT2D eigenvalue weighted by Crippen LogP contribution is -2.04. The van der Waals surface area contributed by atoms with E-state index >= 15 is 0 Å². The van der Waals surface area contributed by atoms with Gasteiger partial charge in [0.1, 0.15) is 0 Å². The molecule has 0 atom stereocenters. The Morgan fingerprint density at radius 3 is 2.60 bits per heavy atom. The minimum Gasteiger partial charge on any atom is -0.361 e. The number of nitrogens with one attached hydrogen (secondary N) is 1. The highest BCUT2D eigenvalue weighted by Gasteiger charge is 2.30. The molecular formula is C14H8BrF3N2. The Hall–Kier alpha value is -2.00. The Balaban J connectivity index is 2.43. The number of H-pyrrole nitrogens is 1. The predicted octanol–water partition coefficient (Wildman–Crippen LogP) is 4.86. The first-order chi connectivity index (χ1) is 9.40. The molecule has 20 heavy (non-hydrogen) atoms. The van der Waals surface area contributed by atoms with Gasteiger partial charge >= 0.3 is 6.18 Å². The third-order valence-corrected chi connectivity index (χ3v) is 3.05. The average Bonchev–Trinajstić information content (AvgIpc) is 2.81. The molecule has 0 aliphatic heterocycles. The minimum atomic E-state index is -4.42. The zero-order valence-electron chi connectivity index (χ0n) is 10.0. The lowest BCUT2D eigenvalue weighted by molar-refractivity contribution is -0.137. The van der Waals surface area contributed by atoms with Crippen LogP contribution in [-0.2, 0) is 6.18 Å². The fraction of sp³-hybridized carbons (Fsp3) is 0.0714. The van der Waals surface area contributed by atoms with E-state index in [-0.39, 0.29) is 11.1 Å². The van der Waals surface area contributed by atoms with Crippen LogP contribution in [0.3, 0.4) is 0 Å². The molecule has 6 heteroatoms. The summed E-state index contributed by atoms with van der Waals surface area (Å²) < 4.78 is 38.7. The molecule has 2 rings (SSSR count). The number of aromatic nitrogens is 1. The number of benzene rings is 1. The maximum absolute atomic E-state index is 12.7. The molecule has 0 saturated carbocycles. The molecule has 102 valence electrons. The van der Waals surface area contributed by atoms with Gasteiger partial charge in [-0.15, -0.1) is 0 Å². The van der Waals surface area contributed by atoms with Crippen LogP contribution in [0.2, 0.25) is 0 Å². The van der Waals surface area contributed by atoms with Crippen LogP contribution >= 0.6 is 15.9 Å². The predicted molar refractivity (Wildman–Crippen MR) is 73.4 cm³/mol. The van der Waals surface area contributed by atoms with Gasteiger partial charge in [-0.2, -0.15) is 18.4 Å². The molecule has 2 aromatic rings. The van der Waals surface area contributed by atoms with Crippen LogP contribution in [0.5, 0.6) is 0 Å². The van der Waals surface area contributed by atoms with Crippen molar-refractivity contribution in [1.82, 2.24) is 4.98 Å². The van der Waals surface area contributed by atoms with Crippen molar-refractivity contribution in [3.05, 3.63) is 57.8 Å². The average molecular weight is 341 g/mol. The summed E-state index contributed by atoms with van der Waals surface area (Å²) in [6.45, 7) is 0. The van der Waals surface area contributed by atoms with E-state index in [9.17, 15) is 13.2 Å². The van der Waals surface area contributed by atoms with Crippen molar-refractivity contribution in [2.45, 2.75) is 6.18 Å². The van der Waals surface area contributed by atoms with Crippen LogP contribution in [-0.4, -0.2) is 4.98 Å². The summed E-state index contributed by atoms with van der Waals surface area (Å²) in [7, 11) is 0. The molecule has 0 bridgehead atoms. The molecule has 0 aliphatic carbocycles. The lowest BCUT2D eigenvalue weighted by atomic mass is 10.0. The first-order valence-electron chi connectivity index (χ1n) is 5.53. The molecule has 1 heterocycles. The van der Waals surface area contributed by atoms with E-state index in [1.54, 1.807) is 12.3 Å². The molecule has 0 aliphatic rings. The van der Waals surface area contributed by atoms with Crippen molar-refractivity contribution in [1.29, 1.82) is 5.26 Å². The third kappa shape index (κ3) is 3.31. The van der Waals surface area contributed by atoms with Gasteiger partial charge in [-0.25, -0.2) is 0 Å². The quantitative estimate of drug-likeness (QED) is 0.779. The molecule has 1 aromatic heterocycles. The Morgan fingerprint density at radius 1 is 1.30 bits per heavy atom. The Kier molecular flexibility index (Phi) is 4.00. The summed E-state index contributed by atoms with van der Waals surface area (Å²) in [6, 6.07) is 8.34. The smallest absolute Gasteiger partial charge is 0.361 e. The highest BCUT2D eigenvalue weighted by atomic mass is 79.9. The lowest BCUT2D eigenvalue weighted by Gasteiger charge is -2.08. The van der Waals surface area contributed by atoms with Gasteiger partial charge in [0.25, 0.3) is 0 Å². The number of aromatic amines is 1. The Bertz CT molecular complexity index is 693. The summed E-state index contributed by atoms with van der Waals surface area (Å²) in [4.78, 5) is 2.89. The molecule has 1 N–H and O–H groups in total. The van der Waals surface area contributed by atoms with Gasteiger partial charge in [0.15, 0.2) is 0 Å². The van der Waals surface area contributed by atoms with Crippen LogP contribution in [0.1, 0.15) is 16.8 Å². The number of nitriles is 1. The van der Waals surface area contributed by atoms with Crippen LogP contribution in [0.25, 0.3) is 11.6 Å². The zero-order chi connectivity index (χ0) is 14.8. The second-order valence-corrected chi connectivity index (χ2v) is 4.94. The highest BCUT2D eigenvalue weighted by Crippen LogP contribution is 2.31. The SMILES string of the molecule is N#C/C(=C\c1cc(Br)c[nH]1)c1cccc(C(F)(F)F)c1.